The molecule has 202 valence electrons. The minimum Gasteiger partial charge on any atom is -0.325 e. The molecule has 0 atom stereocenters. The molecule has 4 rings (SSSR count). The second-order valence-corrected chi connectivity index (χ2v) is 10.6. The Balaban J connectivity index is 1.44. The number of carbonyl (C=O) groups excluding carboxylic acids is 3. The Morgan fingerprint density at radius 1 is 0.825 bits per heavy atom. The molecule has 0 saturated heterocycles. The van der Waals surface area contributed by atoms with Crippen LogP contribution in [0.1, 0.15) is 27.0 Å². The van der Waals surface area contributed by atoms with Gasteiger partial charge >= 0.3 is 0 Å². The number of hydrogen-bond acceptors (Lipinski definition) is 4. The van der Waals surface area contributed by atoms with Crippen molar-refractivity contribution >= 4 is 58.5 Å². The van der Waals surface area contributed by atoms with E-state index in [1.165, 1.54) is 11.8 Å². The predicted octanol–water partition coefficient (Wildman–Crippen LogP) is 7.10. The summed E-state index contributed by atoms with van der Waals surface area (Å²) in [6.07, 6.45) is 1.59. The van der Waals surface area contributed by atoms with Gasteiger partial charge in [0.25, 0.3) is 11.8 Å². The Bertz CT molecular complexity index is 1550. The molecule has 40 heavy (non-hydrogen) atoms. The van der Waals surface area contributed by atoms with Gasteiger partial charge in [-0.25, -0.2) is 0 Å². The highest BCUT2D eigenvalue weighted by Crippen LogP contribution is 2.23. The highest BCUT2D eigenvalue weighted by atomic mass is 35.5. The molecule has 0 aliphatic rings. The maximum atomic E-state index is 13.3. The molecule has 0 spiro atoms. The van der Waals surface area contributed by atoms with Gasteiger partial charge in [0.15, 0.2) is 0 Å². The highest BCUT2D eigenvalue weighted by molar-refractivity contribution is 8.00. The van der Waals surface area contributed by atoms with Crippen molar-refractivity contribution in [2.75, 3.05) is 16.4 Å². The van der Waals surface area contributed by atoms with Crippen LogP contribution in [0.4, 0.5) is 11.4 Å². The Morgan fingerprint density at radius 3 is 2.30 bits per heavy atom. The summed E-state index contributed by atoms with van der Waals surface area (Å²) >= 11 is 7.36. The topological polar surface area (TPSA) is 87.3 Å². The highest BCUT2D eigenvalue weighted by Gasteiger charge is 2.15. The number of aryl methyl sites for hydroxylation is 2. The van der Waals surface area contributed by atoms with Crippen LogP contribution < -0.4 is 16.0 Å². The molecule has 3 amide bonds. The summed E-state index contributed by atoms with van der Waals surface area (Å²) in [5.41, 5.74) is 4.65. The molecule has 0 aliphatic heterocycles. The lowest BCUT2D eigenvalue weighted by atomic mass is 10.1. The lowest BCUT2D eigenvalue weighted by molar-refractivity contribution is -0.114. The van der Waals surface area contributed by atoms with Crippen LogP contribution in [-0.4, -0.2) is 23.5 Å². The first-order valence-corrected chi connectivity index (χ1v) is 13.9. The largest absolute Gasteiger partial charge is 0.325 e. The summed E-state index contributed by atoms with van der Waals surface area (Å²) in [6.45, 7) is 3.97. The first kappa shape index (κ1) is 28.7. The van der Waals surface area contributed by atoms with E-state index in [0.29, 0.717) is 21.8 Å². The lowest BCUT2D eigenvalue weighted by Gasteiger charge is -2.12. The van der Waals surface area contributed by atoms with Crippen molar-refractivity contribution in [1.82, 2.24) is 5.32 Å². The molecule has 8 heteroatoms. The average Bonchev–Trinajstić information content (AvgIpc) is 2.95. The van der Waals surface area contributed by atoms with Gasteiger partial charge < -0.3 is 16.0 Å². The molecule has 0 unspecified atom stereocenters. The second-order valence-electron chi connectivity index (χ2n) is 9.07. The summed E-state index contributed by atoms with van der Waals surface area (Å²) in [6, 6.07) is 28.7. The Kier molecular flexibility index (Phi) is 9.78. The molecule has 0 saturated carbocycles. The van der Waals surface area contributed by atoms with Crippen LogP contribution in [0.5, 0.6) is 0 Å². The van der Waals surface area contributed by atoms with E-state index in [9.17, 15) is 14.4 Å². The van der Waals surface area contributed by atoms with Gasteiger partial charge in [-0.15, -0.1) is 11.8 Å². The van der Waals surface area contributed by atoms with Crippen molar-refractivity contribution < 1.29 is 14.4 Å². The molecule has 0 fully saturated rings. The van der Waals surface area contributed by atoms with Crippen molar-refractivity contribution in [2.24, 2.45) is 0 Å². The maximum absolute atomic E-state index is 13.3. The summed E-state index contributed by atoms with van der Waals surface area (Å²) < 4.78 is 0. The first-order chi connectivity index (χ1) is 19.3. The summed E-state index contributed by atoms with van der Waals surface area (Å²) in [5, 5.41) is 9.08. The third-order valence-electron chi connectivity index (χ3n) is 5.83. The molecular formula is C32H28ClN3O3S. The Hall–Kier alpha value is -4.33. The van der Waals surface area contributed by atoms with Crippen LogP contribution in [0.3, 0.4) is 0 Å². The van der Waals surface area contributed by atoms with Gasteiger partial charge in [0.2, 0.25) is 5.91 Å². The number of thioether (sulfide) groups is 1. The van der Waals surface area contributed by atoms with Crippen molar-refractivity contribution in [3.05, 3.63) is 130 Å². The van der Waals surface area contributed by atoms with Crippen LogP contribution in [0.25, 0.3) is 6.08 Å². The van der Waals surface area contributed by atoms with Crippen LogP contribution in [0.2, 0.25) is 5.02 Å². The van der Waals surface area contributed by atoms with Crippen LogP contribution in [-0.2, 0) is 9.59 Å². The summed E-state index contributed by atoms with van der Waals surface area (Å²) in [5.74, 6) is -0.813. The number of nitrogens with one attached hydrogen (secondary N) is 3. The number of anilines is 2. The number of halogens is 1. The van der Waals surface area contributed by atoms with Crippen LogP contribution >= 0.6 is 23.4 Å². The Morgan fingerprint density at radius 2 is 1.57 bits per heavy atom. The molecule has 3 N–H and O–H groups in total. The molecular weight excluding hydrogens is 542 g/mol. The zero-order valence-electron chi connectivity index (χ0n) is 22.0. The van der Waals surface area contributed by atoms with Crippen molar-refractivity contribution in [3.63, 3.8) is 0 Å². The van der Waals surface area contributed by atoms with Gasteiger partial charge in [-0.1, -0.05) is 65.7 Å². The minimum atomic E-state index is -0.492. The van der Waals surface area contributed by atoms with E-state index >= 15 is 0 Å². The van der Waals surface area contributed by atoms with Crippen LogP contribution in [0.15, 0.2) is 108 Å². The zero-order chi connectivity index (χ0) is 28.5. The standard InChI is InChI=1S/C32H28ClN3O3S/c1-21-11-16-28(22(2)17-21)35-30(37)20-40-27-10-6-9-26(19-27)34-32(39)29(18-23-12-14-25(33)15-13-23)36-31(38)24-7-4-3-5-8-24/h3-19H,20H2,1-2H3,(H,34,39)(H,35,37)(H,36,38)/b29-18+. The number of carbonyl (C=O) groups is 3. The van der Waals surface area contributed by atoms with E-state index in [-0.39, 0.29) is 17.4 Å². The average molecular weight is 570 g/mol. The first-order valence-electron chi connectivity index (χ1n) is 12.5. The number of rotatable bonds is 9. The molecule has 0 aromatic heterocycles. The maximum Gasteiger partial charge on any atom is 0.272 e. The minimum absolute atomic E-state index is 0.0714. The van der Waals surface area contributed by atoms with Gasteiger partial charge in [-0.2, -0.15) is 0 Å². The quantitative estimate of drug-likeness (QED) is 0.148. The number of benzene rings is 4. The smallest absolute Gasteiger partial charge is 0.272 e. The summed E-state index contributed by atoms with van der Waals surface area (Å²) in [7, 11) is 0. The van der Waals surface area contributed by atoms with Gasteiger partial charge in [0, 0.05) is 26.9 Å². The lowest BCUT2D eigenvalue weighted by Crippen LogP contribution is -2.30. The fraction of sp³-hybridized carbons (Fsp3) is 0.0938. The van der Waals surface area contributed by atoms with E-state index in [2.05, 4.69) is 16.0 Å². The second kappa shape index (κ2) is 13.6. The van der Waals surface area contributed by atoms with Gasteiger partial charge in [0.05, 0.1) is 5.75 Å². The molecule has 0 heterocycles. The van der Waals surface area contributed by atoms with E-state index in [0.717, 1.165) is 21.7 Å². The molecule has 4 aromatic carbocycles. The van der Waals surface area contributed by atoms with E-state index in [4.69, 9.17) is 11.6 Å². The van der Waals surface area contributed by atoms with Gasteiger partial charge in [-0.3, -0.25) is 14.4 Å². The molecule has 0 bridgehead atoms. The fourth-order valence-electron chi connectivity index (χ4n) is 3.82. The third kappa shape index (κ3) is 8.33. The van der Waals surface area contributed by atoms with E-state index < -0.39 is 11.8 Å². The monoisotopic (exact) mass is 569 g/mol. The molecule has 0 aliphatic carbocycles. The van der Waals surface area contributed by atoms with Crippen molar-refractivity contribution in [1.29, 1.82) is 0 Å². The van der Waals surface area contributed by atoms with Gasteiger partial charge in [-0.05, 0) is 79.6 Å². The SMILES string of the molecule is Cc1ccc(NC(=O)CSc2cccc(NC(=O)/C(=C\c3ccc(Cl)cc3)NC(=O)c3ccccc3)c2)c(C)c1. The summed E-state index contributed by atoms with van der Waals surface area (Å²) in [4.78, 5) is 39.5. The Labute approximate surface area is 242 Å². The van der Waals surface area contributed by atoms with E-state index in [1.807, 2.05) is 44.2 Å². The fourth-order valence-corrected chi connectivity index (χ4v) is 4.70. The zero-order valence-corrected chi connectivity index (χ0v) is 23.6. The predicted molar refractivity (Wildman–Crippen MR) is 164 cm³/mol. The van der Waals surface area contributed by atoms with Gasteiger partial charge in [0.1, 0.15) is 5.70 Å². The van der Waals surface area contributed by atoms with Crippen LogP contribution in [0, 0.1) is 13.8 Å². The normalized spacial score (nSPS) is 11.0. The van der Waals surface area contributed by atoms with E-state index in [1.54, 1.807) is 72.8 Å². The van der Waals surface area contributed by atoms with Crippen molar-refractivity contribution in [2.45, 2.75) is 18.7 Å². The third-order valence-corrected chi connectivity index (χ3v) is 7.07. The molecule has 0 radical (unpaired) electrons. The van der Waals surface area contributed by atoms with Crippen molar-refractivity contribution in [3.8, 4) is 0 Å². The molecule has 6 nitrogen and oxygen atoms in total. The number of hydrogen-bond donors (Lipinski definition) is 3. The number of amides is 3. The molecule has 4 aromatic rings.